The van der Waals surface area contributed by atoms with Gasteiger partial charge in [-0.1, -0.05) is 18.9 Å². The van der Waals surface area contributed by atoms with Crippen molar-refractivity contribution in [2.45, 2.75) is 50.5 Å². The molecule has 0 atom stereocenters. The molecule has 0 aromatic carbocycles. The summed E-state index contributed by atoms with van der Waals surface area (Å²) in [6.07, 6.45) is 9.09. The van der Waals surface area contributed by atoms with Gasteiger partial charge < -0.3 is 10.4 Å². The molecule has 0 aromatic rings. The second-order valence-electron chi connectivity index (χ2n) is 4.72. The van der Waals surface area contributed by atoms with Crippen LogP contribution in [0.15, 0.2) is 11.6 Å². The van der Waals surface area contributed by atoms with E-state index in [2.05, 4.69) is 5.32 Å². The van der Waals surface area contributed by atoms with E-state index in [9.17, 15) is 9.90 Å². The summed E-state index contributed by atoms with van der Waals surface area (Å²) in [6, 6.07) is 0. The fraction of sp³-hybridized carbons (Fsp3) is 0.750. The average molecular weight is 209 g/mol. The van der Waals surface area contributed by atoms with E-state index in [0.717, 1.165) is 50.5 Å². The number of carbonyl (C=O) groups excluding carboxylic acids is 1. The van der Waals surface area contributed by atoms with E-state index in [1.165, 1.54) is 0 Å². The van der Waals surface area contributed by atoms with Crippen LogP contribution in [-0.2, 0) is 4.79 Å². The Bertz CT molecular complexity index is 277. The normalized spacial score (nSPS) is 23.9. The molecule has 0 unspecified atom stereocenters. The second kappa shape index (κ2) is 4.35. The largest absolute Gasteiger partial charge is 0.394 e. The highest BCUT2D eigenvalue weighted by Gasteiger charge is 2.35. The van der Waals surface area contributed by atoms with Crippen molar-refractivity contribution in [3.63, 3.8) is 0 Å². The molecule has 0 radical (unpaired) electrons. The molecule has 2 rings (SSSR count). The number of nitrogens with one attached hydrogen (secondary N) is 1. The van der Waals surface area contributed by atoms with Crippen molar-refractivity contribution in [3.05, 3.63) is 11.6 Å². The van der Waals surface area contributed by atoms with Gasteiger partial charge >= 0.3 is 0 Å². The van der Waals surface area contributed by atoms with Gasteiger partial charge in [0.1, 0.15) is 0 Å². The van der Waals surface area contributed by atoms with Gasteiger partial charge in [-0.05, 0) is 32.1 Å². The standard InChI is InChI=1S/C12H19NO2/c14-9-12(7-3-4-8-12)13-11(15)10-5-1-2-6-10/h5,14H,1-4,6-9H2,(H,13,15). The molecule has 0 spiro atoms. The van der Waals surface area contributed by atoms with Crippen LogP contribution in [0, 0.1) is 0 Å². The number of amides is 1. The van der Waals surface area contributed by atoms with Crippen LogP contribution in [0.2, 0.25) is 0 Å². The zero-order valence-electron chi connectivity index (χ0n) is 9.09. The Morgan fingerprint density at radius 1 is 1.40 bits per heavy atom. The zero-order valence-corrected chi connectivity index (χ0v) is 9.09. The number of allylic oxidation sites excluding steroid dienone is 1. The second-order valence-corrected chi connectivity index (χ2v) is 4.72. The molecule has 2 aliphatic carbocycles. The smallest absolute Gasteiger partial charge is 0.247 e. The molecule has 2 N–H and O–H groups in total. The molecule has 1 fully saturated rings. The Morgan fingerprint density at radius 3 is 2.67 bits per heavy atom. The Labute approximate surface area is 90.6 Å². The summed E-state index contributed by atoms with van der Waals surface area (Å²) in [5.41, 5.74) is 0.593. The Morgan fingerprint density at radius 2 is 2.13 bits per heavy atom. The first-order valence-electron chi connectivity index (χ1n) is 5.88. The van der Waals surface area contributed by atoms with E-state index in [1.807, 2.05) is 6.08 Å². The lowest BCUT2D eigenvalue weighted by Crippen LogP contribution is -2.49. The molecule has 1 amide bonds. The van der Waals surface area contributed by atoms with Gasteiger partial charge in [0.25, 0.3) is 0 Å². The summed E-state index contributed by atoms with van der Waals surface area (Å²) in [7, 11) is 0. The fourth-order valence-corrected chi connectivity index (χ4v) is 2.57. The minimum absolute atomic E-state index is 0.0449. The Kier molecular flexibility index (Phi) is 3.10. The third-order valence-electron chi connectivity index (χ3n) is 3.57. The van der Waals surface area contributed by atoms with Gasteiger partial charge in [0.05, 0.1) is 12.1 Å². The van der Waals surface area contributed by atoms with E-state index in [4.69, 9.17) is 0 Å². The van der Waals surface area contributed by atoms with Crippen molar-refractivity contribution >= 4 is 5.91 Å². The predicted molar refractivity (Wildman–Crippen MR) is 58.4 cm³/mol. The number of hydrogen-bond acceptors (Lipinski definition) is 2. The summed E-state index contributed by atoms with van der Waals surface area (Å²) in [6.45, 7) is 0.0754. The van der Waals surface area contributed by atoms with Gasteiger partial charge in [-0.15, -0.1) is 0 Å². The number of hydrogen-bond donors (Lipinski definition) is 2. The molecule has 0 aliphatic heterocycles. The SMILES string of the molecule is O=C(NC1(CO)CCCC1)C1=CCCC1. The minimum Gasteiger partial charge on any atom is -0.394 e. The number of rotatable bonds is 3. The van der Waals surface area contributed by atoms with Crippen LogP contribution < -0.4 is 5.32 Å². The van der Waals surface area contributed by atoms with E-state index in [0.29, 0.717) is 0 Å². The minimum atomic E-state index is -0.319. The first-order valence-corrected chi connectivity index (χ1v) is 5.88. The fourth-order valence-electron chi connectivity index (χ4n) is 2.57. The predicted octanol–water partition coefficient (Wildman–Crippen LogP) is 1.52. The zero-order chi connectivity index (χ0) is 10.7. The van der Waals surface area contributed by atoms with Crippen LogP contribution >= 0.6 is 0 Å². The quantitative estimate of drug-likeness (QED) is 0.740. The molecule has 84 valence electrons. The lowest BCUT2D eigenvalue weighted by molar-refractivity contribution is -0.120. The lowest BCUT2D eigenvalue weighted by atomic mass is 9.98. The number of carbonyl (C=O) groups is 1. The van der Waals surface area contributed by atoms with Crippen LogP contribution in [0.4, 0.5) is 0 Å². The first-order chi connectivity index (χ1) is 7.26. The lowest BCUT2D eigenvalue weighted by Gasteiger charge is -2.28. The van der Waals surface area contributed by atoms with Gasteiger partial charge in [0, 0.05) is 5.57 Å². The van der Waals surface area contributed by atoms with E-state index >= 15 is 0 Å². The van der Waals surface area contributed by atoms with Gasteiger partial charge in [0.2, 0.25) is 5.91 Å². The van der Waals surface area contributed by atoms with E-state index in [1.54, 1.807) is 0 Å². The molecule has 2 aliphatic rings. The van der Waals surface area contributed by atoms with Gasteiger partial charge in [-0.3, -0.25) is 4.79 Å². The molecule has 0 bridgehead atoms. The summed E-state index contributed by atoms with van der Waals surface area (Å²) >= 11 is 0. The summed E-state index contributed by atoms with van der Waals surface area (Å²) < 4.78 is 0. The van der Waals surface area contributed by atoms with Crippen LogP contribution in [0.1, 0.15) is 44.9 Å². The van der Waals surface area contributed by atoms with Crippen molar-refractivity contribution in [1.29, 1.82) is 0 Å². The number of aliphatic hydroxyl groups excluding tert-OH is 1. The van der Waals surface area contributed by atoms with Crippen LogP contribution in [0.3, 0.4) is 0 Å². The highest BCUT2D eigenvalue weighted by Crippen LogP contribution is 2.30. The molecule has 1 saturated carbocycles. The molecular weight excluding hydrogens is 190 g/mol. The molecule has 0 aromatic heterocycles. The topological polar surface area (TPSA) is 49.3 Å². The summed E-state index contributed by atoms with van der Waals surface area (Å²) in [5, 5.41) is 12.4. The van der Waals surface area contributed by atoms with Crippen molar-refractivity contribution < 1.29 is 9.90 Å². The first kappa shape index (κ1) is 10.7. The molecule has 15 heavy (non-hydrogen) atoms. The van der Waals surface area contributed by atoms with E-state index in [-0.39, 0.29) is 18.1 Å². The Balaban J connectivity index is 1.97. The number of aliphatic hydroxyl groups is 1. The molecule has 0 saturated heterocycles. The van der Waals surface area contributed by atoms with Gasteiger partial charge in [0.15, 0.2) is 0 Å². The maximum absolute atomic E-state index is 11.9. The van der Waals surface area contributed by atoms with Crippen molar-refractivity contribution in [2.24, 2.45) is 0 Å². The van der Waals surface area contributed by atoms with Crippen molar-refractivity contribution in [2.75, 3.05) is 6.61 Å². The van der Waals surface area contributed by atoms with Gasteiger partial charge in [-0.2, -0.15) is 0 Å². The summed E-state index contributed by atoms with van der Waals surface area (Å²) in [4.78, 5) is 11.9. The van der Waals surface area contributed by atoms with Crippen molar-refractivity contribution in [1.82, 2.24) is 5.32 Å². The maximum Gasteiger partial charge on any atom is 0.247 e. The average Bonchev–Trinajstić information content (AvgIpc) is 2.88. The molecular formula is C12H19NO2. The highest BCUT2D eigenvalue weighted by molar-refractivity contribution is 5.94. The van der Waals surface area contributed by atoms with Crippen molar-refractivity contribution in [3.8, 4) is 0 Å². The summed E-state index contributed by atoms with van der Waals surface area (Å²) in [5.74, 6) is 0.0449. The third kappa shape index (κ3) is 2.23. The van der Waals surface area contributed by atoms with Crippen LogP contribution in [-0.4, -0.2) is 23.2 Å². The molecule has 3 nitrogen and oxygen atoms in total. The van der Waals surface area contributed by atoms with E-state index < -0.39 is 0 Å². The Hall–Kier alpha value is -0.830. The third-order valence-corrected chi connectivity index (χ3v) is 3.57. The van der Waals surface area contributed by atoms with Gasteiger partial charge in [-0.25, -0.2) is 0 Å². The van der Waals surface area contributed by atoms with Crippen LogP contribution in [0.25, 0.3) is 0 Å². The molecule has 0 heterocycles. The highest BCUT2D eigenvalue weighted by atomic mass is 16.3. The monoisotopic (exact) mass is 209 g/mol. The molecule has 3 heteroatoms. The van der Waals surface area contributed by atoms with Crippen LogP contribution in [0.5, 0.6) is 0 Å². The maximum atomic E-state index is 11.9.